The van der Waals surface area contributed by atoms with E-state index < -0.39 is 10.8 Å². The lowest BCUT2D eigenvalue weighted by Gasteiger charge is -2.44. The van der Waals surface area contributed by atoms with Crippen molar-refractivity contribution in [1.29, 1.82) is 5.26 Å². The molecule has 2 N–H and O–H groups in total. The summed E-state index contributed by atoms with van der Waals surface area (Å²) in [6.07, 6.45) is 0.872. The van der Waals surface area contributed by atoms with Crippen LogP contribution in [0, 0.1) is 54.6 Å². The lowest BCUT2D eigenvalue weighted by molar-refractivity contribution is -0.384. The number of aryl methyl sites for hydroxylation is 4. The van der Waals surface area contributed by atoms with Crippen LogP contribution in [0.1, 0.15) is 66.0 Å². The fourth-order valence-corrected chi connectivity index (χ4v) is 7.19. The first kappa shape index (κ1) is 30.1. The number of Topliss-reactive ketones (excluding diaryl/α,β-unsaturated/α-hetero) is 1. The van der Waals surface area contributed by atoms with Crippen LogP contribution in [-0.2, 0) is 10.5 Å². The summed E-state index contributed by atoms with van der Waals surface area (Å²) in [5, 5.41) is 22.3. The smallest absolute Gasteiger partial charge is 0.271 e. The van der Waals surface area contributed by atoms with Gasteiger partial charge in [-0.3, -0.25) is 19.8 Å². The normalized spacial score (nSPS) is 18.0. The van der Waals surface area contributed by atoms with Gasteiger partial charge in [0.05, 0.1) is 28.2 Å². The van der Waals surface area contributed by atoms with Crippen molar-refractivity contribution < 1.29 is 9.72 Å². The summed E-state index contributed by atoms with van der Waals surface area (Å²) in [7, 11) is 0. The zero-order valence-electron chi connectivity index (χ0n) is 25.4. The number of allylic oxidation sites excluding steroid dienone is 3. The van der Waals surface area contributed by atoms with E-state index in [1.165, 1.54) is 22.6 Å². The summed E-state index contributed by atoms with van der Waals surface area (Å²) < 4.78 is 0. The summed E-state index contributed by atoms with van der Waals surface area (Å²) in [5.41, 5.74) is 14.6. The maximum Gasteiger partial charge on any atom is 0.271 e. The van der Waals surface area contributed by atoms with Crippen molar-refractivity contribution in [1.82, 2.24) is 0 Å². The van der Waals surface area contributed by atoms with Gasteiger partial charge >= 0.3 is 0 Å². The van der Waals surface area contributed by atoms with Crippen molar-refractivity contribution in [2.24, 2.45) is 11.1 Å². The van der Waals surface area contributed by atoms with E-state index in [1.54, 1.807) is 22.7 Å². The highest BCUT2D eigenvalue weighted by Crippen LogP contribution is 2.51. The number of carbonyl (C=O) groups excluding carboxylic acids is 1. The average Bonchev–Trinajstić information content (AvgIpc) is 2.93. The number of nitro groups is 1. The molecule has 2 aliphatic rings. The Morgan fingerprint density at radius 3 is 2.37 bits per heavy atom. The van der Waals surface area contributed by atoms with E-state index in [4.69, 9.17) is 5.73 Å². The van der Waals surface area contributed by atoms with E-state index in [9.17, 15) is 20.2 Å². The molecule has 0 fully saturated rings. The minimum atomic E-state index is -0.623. The molecule has 8 heteroatoms. The third kappa shape index (κ3) is 5.70. The van der Waals surface area contributed by atoms with Crippen LogP contribution in [0.4, 0.5) is 11.4 Å². The second-order valence-corrected chi connectivity index (χ2v) is 13.5. The Hall–Kier alpha value is -4.35. The number of nitrogens with zero attached hydrogens (tertiary/aromatic N) is 3. The van der Waals surface area contributed by atoms with Crippen molar-refractivity contribution in [3.05, 3.63) is 121 Å². The maximum atomic E-state index is 14.1. The number of nitro benzene ring substituents is 1. The molecule has 0 spiro atoms. The van der Waals surface area contributed by atoms with E-state index in [0.29, 0.717) is 29.8 Å². The summed E-state index contributed by atoms with van der Waals surface area (Å²) >= 11 is 1.75. The van der Waals surface area contributed by atoms with Gasteiger partial charge in [0.15, 0.2) is 5.78 Å². The number of hydrogen-bond acceptors (Lipinski definition) is 7. The molecule has 5 rings (SSSR count). The number of anilines is 1. The summed E-state index contributed by atoms with van der Waals surface area (Å²) in [5.74, 6) is 0.292. The van der Waals surface area contributed by atoms with Crippen LogP contribution >= 0.6 is 11.8 Å². The highest BCUT2D eigenvalue weighted by Gasteiger charge is 2.45. The first-order valence-electron chi connectivity index (χ1n) is 14.3. The Morgan fingerprint density at radius 1 is 1.02 bits per heavy atom. The van der Waals surface area contributed by atoms with Crippen LogP contribution in [0.3, 0.4) is 0 Å². The molecule has 1 aliphatic heterocycles. The van der Waals surface area contributed by atoms with Crippen LogP contribution in [-0.4, -0.2) is 10.7 Å². The monoisotopic (exact) mass is 592 g/mol. The number of rotatable bonds is 6. The number of hydrogen-bond donors (Lipinski definition) is 1. The molecule has 0 aromatic heterocycles. The van der Waals surface area contributed by atoms with Gasteiger partial charge in [0, 0.05) is 40.5 Å². The van der Waals surface area contributed by atoms with E-state index in [0.717, 1.165) is 33.6 Å². The highest BCUT2D eigenvalue weighted by molar-refractivity contribution is 7.98. The second-order valence-electron chi connectivity index (χ2n) is 12.4. The molecule has 3 aromatic carbocycles. The van der Waals surface area contributed by atoms with Crippen molar-refractivity contribution >= 4 is 28.9 Å². The molecule has 1 heterocycles. The Labute approximate surface area is 257 Å². The zero-order valence-corrected chi connectivity index (χ0v) is 26.3. The van der Waals surface area contributed by atoms with Gasteiger partial charge in [0.1, 0.15) is 5.82 Å². The number of non-ortho nitro benzene ring substituents is 1. The van der Waals surface area contributed by atoms with Crippen molar-refractivity contribution in [2.45, 2.75) is 71.0 Å². The summed E-state index contributed by atoms with van der Waals surface area (Å²) in [4.78, 5) is 28.2. The lowest BCUT2D eigenvalue weighted by Crippen LogP contribution is -2.42. The van der Waals surface area contributed by atoms with Crippen LogP contribution in [0.2, 0.25) is 0 Å². The van der Waals surface area contributed by atoms with E-state index >= 15 is 0 Å². The SMILES string of the molecule is Cc1ccc(SCc2cc(C3C(C#N)=C(N)N(c4cc([N+](=O)[O-])ccc4C)C4=C3C(=O)CC(C)(C)C4)c(C)cc2C)cc1. The second kappa shape index (κ2) is 11.4. The van der Waals surface area contributed by atoms with Gasteiger partial charge in [0.25, 0.3) is 5.69 Å². The van der Waals surface area contributed by atoms with Crippen molar-refractivity contribution in [3.8, 4) is 6.07 Å². The predicted molar refractivity (Wildman–Crippen MR) is 172 cm³/mol. The maximum absolute atomic E-state index is 14.1. The highest BCUT2D eigenvalue weighted by atomic mass is 32.2. The number of nitriles is 1. The first-order chi connectivity index (χ1) is 20.3. The third-order valence-corrected chi connectivity index (χ3v) is 9.54. The minimum absolute atomic E-state index is 0.0276. The Balaban J connectivity index is 1.69. The molecule has 1 atom stereocenters. The first-order valence-corrected chi connectivity index (χ1v) is 15.3. The molecule has 0 saturated carbocycles. The molecule has 7 nitrogen and oxygen atoms in total. The minimum Gasteiger partial charge on any atom is -0.384 e. The van der Waals surface area contributed by atoms with Crippen molar-refractivity contribution in [2.75, 3.05) is 4.90 Å². The Morgan fingerprint density at radius 2 is 1.72 bits per heavy atom. The number of thioether (sulfide) groups is 1. The molecular formula is C35H36N4O3S. The van der Waals surface area contributed by atoms with Crippen LogP contribution in [0.25, 0.3) is 0 Å². The number of ketones is 1. The van der Waals surface area contributed by atoms with Crippen LogP contribution in [0.5, 0.6) is 0 Å². The molecule has 0 saturated heterocycles. The van der Waals surface area contributed by atoms with Gasteiger partial charge in [0.2, 0.25) is 0 Å². The van der Waals surface area contributed by atoms with Gasteiger partial charge < -0.3 is 5.73 Å². The molecule has 220 valence electrons. The molecular weight excluding hydrogens is 556 g/mol. The Kier molecular flexibility index (Phi) is 7.97. The third-order valence-electron chi connectivity index (χ3n) is 8.48. The molecule has 1 unspecified atom stereocenters. The molecule has 0 radical (unpaired) electrons. The largest absolute Gasteiger partial charge is 0.384 e. The fraction of sp³-hybridized carbons (Fsp3) is 0.314. The zero-order chi connectivity index (χ0) is 31.2. The van der Waals surface area contributed by atoms with Crippen LogP contribution < -0.4 is 10.6 Å². The van der Waals surface area contributed by atoms with E-state index in [-0.39, 0.29) is 28.3 Å². The summed E-state index contributed by atoms with van der Waals surface area (Å²) in [6, 6.07) is 19.6. The quantitative estimate of drug-likeness (QED) is 0.175. The molecule has 1 aliphatic carbocycles. The average molecular weight is 593 g/mol. The number of nitrogens with two attached hydrogens (primary N) is 1. The molecule has 0 bridgehead atoms. The van der Waals surface area contributed by atoms with Gasteiger partial charge in [-0.1, -0.05) is 49.7 Å². The standard InChI is InChI=1S/C35H36N4O3S/c1-20-7-11-26(12-8-20)43-19-24-14-27(23(4)13-22(24)3)32-28(18-36)34(37)38(29-15-25(39(41)42)10-9-21(29)2)30-16-35(5,6)17-31(40)33(30)32/h7-15,32H,16-17,19,37H2,1-6H3. The molecule has 43 heavy (non-hydrogen) atoms. The van der Waals surface area contributed by atoms with Gasteiger partial charge in [-0.05, 0) is 79.5 Å². The Bertz CT molecular complexity index is 1760. The number of benzene rings is 3. The topological polar surface area (TPSA) is 113 Å². The van der Waals surface area contributed by atoms with Gasteiger partial charge in [-0.25, -0.2) is 0 Å². The van der Waals surface area contributed by atoms with E-state index in [1.807, 2.05) is 27.7 Å². The fourth-order valence-electron chi connectivity index (χ4n) is 6.23. The predicted octanol–water partition coefficient (Wildman–Crippen LogP) is 8.06. The van der Waals surface area contributed by atoms with Gasteiger partial charge in [-0.2, -0.15) is 5.26 Å². The lowest BCUT2D eigenvalue weighted by atomic mass is 9.68. The molecule has 3 aromatic rings. The summed E-state index contributed by atoms with van der Waals surface area (Å²) in [6.45, 7) is 12.1. The van der Waals surface area contributed by atoms with Gasteiger partial charge in [-0.15, -0.1) is 11.8 Å². The van der Waals surface area contributed by atoms with E-state index in [2.05, 4.69) is 56.3 Å². The van der Waals surface area contributed by atoms with Crippen molar-refractivity contribution in [3.63, 3.8) is 0 Å². The molecule has 0 amide bonds. The van der Waals surface area contributed by atoms with Crippen LogP contribution in [0.15, 0.2) is 82.2 Å². The number of carbonyl (C=O) groups is 1.